The molecule has 0 fully saturated rings. The molecule has 0 unspecified atom stereocenters. The normalized spacial score (nSPS) is 11.4. The summed E-state index contributed by atoms with van der Waals surface area (Å²) in [6.07, 6.45) is 1.85. The van der Waals surface area contributed by atoms with Crippen molar-refractivity contribution in [2.24, 2.45) is 0 Å². The van der Waals surface area contributed by atoms with Crippen LogP contribution in [0.15, 0.2) is 36.5 Å². The highest BCUT2D eigenvalue weighted by molar-refractivity contribution is 6.34. The minimum atomic E-state index is -0.226. The third-order valence-electron chi connectivity index (χ3n) is 3.93. The Morgan fingerprint density at radius 2 is 1.89 bits per heavy atom. The Kier molecular flexibility index (Phi) is 5.23. The molecule has 8 heteroatoms. The maximum absolute atomic E-state index is 12.3. The van der Waals surface area contributed by atoms with Gasteiger partial charge in [0.15, 0.2) is 0 Å². The maximum Gasteiger partial charge on any atom is 0.228 e. The van der Waals surface area contributed by atoms with Crippen molar-refractivity contribution in [2.75, 3.05) is 5.32 Å². The molecule has 0 bridgehead atoms. The molecular formula is C19H21ClN6O. The lowest BCUT2D eigenvalue weighted by Gasteiger charge is -2.15. The average Bonchev–Trinajstić information content (AvgIpc) is 3.10. The molecule has 0 aliphatic heterocycles. The number of aromatic nitrogens is 5. The van der Waals surface area contributed by atoms with Crippen LogP contribution < -0.4 is 5.32 Å². The number of anilines is 1. The number of nitrogens with one attached hydrogen (secondary N) is 1. The summed E-state index contributed by atoms with van der Waals surface area (Å²) in [5.41, 5.74) is 2.74. The van der Waals surface area contributed by atoms with E-state index in [9.17, 15) is 4.79 Å². The number of pyridine rings is 1. The van der Waals surface area contributed by atoms with E-state index in [1.54, 1.807) is 24.0 Å². The predicted octanol–water partition coefficient (Wildman–Crippen LogP) is 3.63. The lowest BCUT2D eigenvalue weighted by molar-refractivity contribution is -0.115. The van der Waals surface area contributed by atoms with Gasteiger partial charge < -0.3 is 5.32 Å². The molecule has 1 aromatic carbocycles. The van der Waals surface area contributed by atoms with Crippen LogP contribution in [0.2, 0.25) is 5.02 Å². The smallest absolute Gasteiger partial charge is 0.228 e. The Morgan fingerprint density at radius 1 is 1.19 bits per heavy atom. The van der Waals surface area contributed by atoms with Gasteiger partial charge in [-0.3, -0.25) is 9.78 Å². The summed E-state index contributed by atoms with van der Waals surface area (Å²) >= 11 is 6.16. The summed E-state index contributed by atoms with van der Waals surface area (Å²) in [4.78, 5) is 18.0. The highest BCUT2D eigenvalue weighted by atomic mass is 35.5. The average molecular weight is 385 g/mol. The van der Waals surface area contributed by atoms with Gasteiger partial charge in [-0.15, -0.1) is 10.2 Å². The van der Waals surface area contributed by atoms with Gasteiger partial charge in [-0.05, 0) is 44.5 Å². The fourth-order valence-corrected chi connectivity index (χ4v) is 2.57. The van der Waals surface area contributed by atoms with E-state index in [0.29, 0.717) is 22.2 Å². The summed E-state index contributed by atoms with van der Waals surface area (Å²) in [7, 11) is 0. The van der Waals surface area contributed by atoms with Crippen molar-refractivity contribution < 1.29 is 4.79 Å². The minimum Gasteiger partial charge on any atom is -0.324 e. The molecule has 0 saturated carbocycles. The first kappa shape index (κ1) is 19.0. The van der Waals surface area contributed by atoms with Gasteiger partial charge >= 0.3 is 0 Å². The van der Waals surface area contributed by atoms with E-state index in [1.807, 2.05) is 45.0 Å². The number of carbonyl (C=O) groups is 1. The van der Waals surface area contributed by atoms with Crippen molar-refractivity contribution in [3.05, 3.63) is 52.8 Å². The van der Waals surface area contributed by atoms with Crippen LogP contribution in [-0.4, -0.2) is 31.1 Å². The van der Waals surface area contributed by atoms with Gasteiger partial charge in [-0.1, -0.05) is 35.9 Å². The first-order valence-electron chi connectivity index (χ1n) is 8.55. The number of hydrogen-bond acceptors (Lipinski definition) is 5. The van der Waals surface area contributed by atoms with Crippen LogP contribution >= 0.6 is 11.6 Å². The maximum atomic E-state index is 12.3. The molecule has 27 heavy (non-hydrogen) atoms. The third-order valence-corrected chi connectivity index (χ3v) is 4.41. The topological polar surface area (TPSA) is 85.6 Å². The lowest BCUT2D eigenvalue weighted by Crippen LogP contribution is -2.24. The van der Waals surface area contributed by atoms with Crippen molar-refractivity contribution in [3.63, 3.8) is 0 Å². The van der Waals surface area contributed by atoms with E-state index < -0.39 is 0 Å². The molecule has 0 atom stereocenters. The summed E-state index contributed by atoms with van der Waals surface area (Å²) in [5, 5.41) is 15.9. The highest BCUT2D eigenvalue weighted by Gasteiger charge is 2.17. The number of benzene rings is 1. The standard InChI is InChI=1S/C19H21ClN6O/c1-12-17(20)15(9-10-21-12)22-16(27)11-13-5-7-14(8-6-13)18-23-25-26(24-18)19(2,3)4/h5-10H,11H2,1-4H3,(H,21,22,27). The Balaban J connectivity index is 1.68. The zero-order chi connectivity index (χ0) is 19.6. The highest BCUT2D eigenvalue weighted by Crippen LogP contribution is 2.23. The Morgan fingerprint density at radius 3 is 2.52 bits per heavy atom. The monoisotopic (exact) mass is 384 g/mol. The lowest BCUT2D eigenvalue weighted by atomic mass is 10.1. The van der Waals surface area contributed by atoms with Gasteiger partial charge in [0.05, 0.1) is 28.4 Å². The van der Waals surface area contributed by atoms with Crippen LogP contribution in [0.1, 0.15) is 32.0 Å². The van der Waals surface area contributed by atoms with Crippen LogP contribution in [0.4, 0.5) is 5.69 Å². The molecule has 0 spiro atoms. The van der Waals surface area contributed by atoms with Gasteiger partial charge in [-0.2, -0.15) is 4.80 Å². The van der Waals surface area contributed by atoms with Crippen LogP contribution in [0, 0.1) is 6.92 Å². The molecule has 1 amide bonds. The molecule has 2 heterocycles. The van der Waals surface area contributed by atoms with E-state index in [2.05, 4.69) is 25.7 Å². The molecule has 0 radical (unpaired) electrons. The molecule has 3 aromatic rings. The van der Waals surface area contributed by atoms with Crippen molar-refractivity contribution in [1.82, 2.24) is 25.2 Å². The van der Waals surface area contributed by atoms with Gasteiger partial charge in [-0.25, -0.2) is 0 Å². The van der Waals surface area contributed by atoms with Crippen molar-refractivity contribution in [3.8, 4) is 11.4 Å². The number of halogens is 1. The van der Waals surface area contributed by atoms with Crippen LogP contribution in [-0.2, 0) is 16.8 Å². The van der Waals surface area contributed by atoms with Gasteiger partial charge in [0.2, 0.25) is 11.7 Å². The molecule has 0 aliphatic carbocycles. The molecule has 3 rings (SSSR count). The number of aryl methyl sites for hydroxylation is 1. The minimum absolute atomic E-state index is 0.146. The third kappa shape index (κ3) is 4.49. The van der Waals surface area contributed by atoms with Crippen LogP contribution in [0.3, 0.4) is 0 Å². The fraction of sp³-hybridized carbons (Fsp3) is 0.316. The summed E-state index contributed by atoms with van der Waals surface area (Å²) in [6.45, 7) is 7.82. The number of rotatable bonds is 4. The van der Waals surface area contributed by atoms with E-state index in [0.717, 1.165) is 11.1 Å². The van der Waals surface area contributed by atoms with Crippen LogP contribution in [0.25, 0.3) is 11.4 Å². The molecule has 1 N–H and O–H groups in total. The first-order valence-corrected chi connectivity index (χ1v) is 8.92. The molecule has 0 aliphatic rings. The quantitative estimate of drug-likeness (QED) is 0.742. The Hall–Kier alpha value is -2.80. The number of amides is 1. The predicted molar refractivity (Wildman–Crippen MR) is 105 cm³/mol. The van der Waals surface area contributed by atoms with E-state index in [1.165, 1.54) is 0 Å². The van der Waals surface area contributed by atoms with Gasteiger partial charge in [0.25, 0.3) is 0 Å². The zero-order valence-electron chi connectivity index (χ0n) is 15.7. The number of carbonyl (C=O) groups excluding carboxylic acids is 1. The second-order valence-corrected chi connectivity index (χ2v) is 7.63. The number of hydrogen-bond donors (Lipinski definition) is 1. The summed E-state index contributed by atoms with van der Waals surface area (Å²) in [6, 6.07) is 9.21. The SMILES string of the molecule is Cc1nccc(NC(=O)Cc2ccc(-c3nnn(C(C)(C)C)n3)cc2)c1Cl. The first-order chi connectivity index (χ1) is 12.7. The van der Waals surface area contributed by atoms with Gasteiger partial charge in [0, 0.05) is 11.8 Å². The second kappa shape index (κ2) is 7.44. The molecule has 0 saturated heterocycles. The molecule has 7 nitrogen and oxygen atoms in total. The molecular weight excluding hydrogens is 364 g/mol. The van der Waals surface area contributed by atoms with Crippen molar-refractivity contribution in [2.45, 2.75) is 39.7 Å². The zero-order valence-corrected chi connectivity index (χ0v) is 16.4. The van der Waals surface area contributed by atoms with E-state index in [4.69, 9.17) is 11.6 Å². The van der Waals surface area contributed by atoms with E-state index >= 15 is 0 Å². The summed E-state index contributed by atoms with van der Waals surface area (Å²) < 4.78 is 0. The van der Waals surface area contributed by atoms with E-state index in [-0.39, 0.29) is 17.9 Å². The molecule has 140 valence electrons. The molecule has 2 aromatic heterocycles. The largest absolute Gasteiger partial charge is 0.324 e. The van der Waals surface area contributed by atoms with Crippen molar-refractivity contribution >= 4 is 23.2 Å². The number of tetrazole rings is 1. The Labute approximate surface area is 162 Å². The number of nitrogens with zero attached hydrogens (tertiary/aromatic N) is 5. The summed E-state index contributed by atoms with van der Waals surface area (Å²) in [5.74, 6) is 0.409. The fourth-order valence-electron chi connectivity index (χ4n) is 2.41. The Bertz CT molecular complexity index is 959. The van der Waals surface area contributed by atoms with Crippen LogP contribution in [0.5, 0.6) is 0 Å². The van der Waals surface area contributed by atoms with Crippen molar-refractivity contribution in [1.29, 1.82) is 0 Å². The second-order valence-electron chi connectivity index (χ2n) is 7.25. The van der Waals surface area contributed by atoms with Gasteiger partial charge in [0.1, 0.15) is 0 Å².